The molecule has 0 aliphatic carbocycles. The minimum atomic E-state index is 0.132. The van der Waals surface area contributed by atoms with Crippen molar-refractivity contribution < 1.29 is 4.74 Å². The molecule has 0 radical (unpaired) electrons. The lowest BCUT2D eigenvalue weighted by Gasteiger charge is -2.35. The van der Waals surface area contributed by atoms with Crippen molar-refractivity contribution in [2.75, 3.05) is 39.3 Å². The van der Waals surface area contributed by atoms with Crippen molar-refractivity contribution >= 4 is 34.8 Å². The van der Waals surface area contributed by atoms with E-state index in [9.17, 15) is 0 Å². The van der Waals surface area contributed by atoms with Crippen LogP contribution < -0.4 is 4.74 Å². The highest BCUT2D eigenvalue weighted by atomic mass is 35.5. The lowest BCUT2D eigenvalue weighted by Crippen LogP contribution is -2.38. The monoisotopic (exact) mass is 589 g/mol. The molecule has 5 rings (SSSR count). The van der Waals surface area contributed by atoms with Crippen molar-refractivity contribution in [3.8, 4) is 5.75 Å². The standard InChI is InChI=1S/C30H38Cl3N5O/c1-2-27(19-36-11-3-4-12-36)39-30-17-25(32)7-8-28(30)22-9-13-37(14-10-22)18-26(38-21-34-20-35-38)15-23-5-6-24(31)16-29(23)33/h5-8,16-17,20-22,26-27H,2-4,9-15,18-19H2,1H3/t26-,27+/m1/s1. The minimum Gasteiger partial charge on any atom is -0.489 e. The van der Waals surface area contributed by atoms with E-state index in [-0.39, 0.29) is 12.1 Å². The Kier molecular flexibility index (Phi) is 10.1. The van der Waals surface area contributed by atoms with Crippen molar-refractivity contribution in [2.45, 2.75) is 63.5 Å². The molecule has 0 amide bonds. The molecule has 210 valence electrons. The molecule has 0 spiro atoms. The van der Waals surface area contributed by atoms with Crippen molar-refractivity contribution in [3.63, 3.8) is 0 Å². The van der Waals surface area contributed by atoms with Crippen LogP contribution >= 0.6 is 34.8 Å². The van der Waals surface area contributed by atoms with Gasteiger partial charge in [0.2, 0.25) is 0 Å². The summed E-state index contributed by atoms with van der Waals surface area (Å²) in [6.07, 6.45) is 10.1. The van der Waals surface area contributed by atoms with Gasteiger partial charge in [0.25, 0.3) is 0 Å². The van der Waals surface area contributed by atoms with Crippen LogP contribution in [0.1, 0.15) is 62.1 Å². The number of benzene rings is 2. The van der Waals surface area contributed by atoms with Gasteiger partial charge in [0.15, 0.2) is 0 Å². The number of piperidine rings is 1. The first kappa shape index (κ1) is 28.7. The minimum absolute atomic E-state index is 0.132. The van der Waals surface area contributed by atoms with Gasteiger partial charge in [0, 0.05) is 28.2 Å². The summed E-state index contributed by atoms with van der Waals surface area (Å²) in [5, 5.41) is 6.53. The first-order chi connectivity index (χ1) is 19.0. The highest BCUT2D eigenvalue weighted by molar-refractivity contribution is 6.35. The predicted molar refractivity (Wildman–Crippen MR) is 159 cm³/mol. The summed E-state index contributed by atoms with van der Waals surface area (Å²) in [6, 6.07) is 12.1. The van der Waals surface area contributed by atoms with Gasteiger partial charge in [-0.3, -0.25) is 4.90 Å². The number of hydrogen-bond donors (Lipinski definition) is 0. The average molecular weight is 591 g/mol. The highest BCUT2D eigenvalue weighted by Gasteiger charge is 2.27. The van der Waals surface area contributed by atoms with Gasteiger partial charge in [-0.15, -0.1) is 0 Å². The molecule has 3 heterocycles. The van der Waals surface area contributed by atoms with E-state index >= 15 is 0 Å². The van der Waals surface area contributed by atoms with E-state index in [2.05, 4.69) is 32.9 Å². The second-order valence-electron chi connectivity index (χ2n) is 10.9. The molecule has 2 atom stereocenters. The molecule has 39 heavy (non-hydrogen) atoms. The summed E-state index contributed by atoms with van der Waals surface area (Å²) in [4.78, 5) is 9.26. The van der Waals surface area contributed by atoms with Gasteiger partial charge in [0.05, 0.1) is 6.04 Å². The van der Waals surface area contributed by atoms with Crippen LogP contribution in [-0.2, 0) is 6.42 Å². The second kappa shape index (κ2) is 13.7. The van der Waals surface area contributed by atoms with E-state index in [1.165, 1.54) is 31.5 Å². The molecule has 3 aromatic rings. The zero-order chi connectivity index (χ0) is 27.2. The molecule has 6 nitrogen and oxygen atoms in total. The molecule has 1 aromatic heterocycles. The van der Waals surface area contributed by atoms with E-state index in [1.807, 2.05) is 35.0 Å². The first-order valence-electron chi connectivity index (χ1n) is 14.2. The predicted octanol–water partition coefficient (Wildman–Crippen LogP) is 7.15. The number of nitrogens with zero attached hydrogens (tertiary/aromatic N) is 5. The van der Waals surface area contributed by atoms with Crippen LogP contribution in [0.2, 0.25) is 15.1 Å². The van der Waals surface area contributed by atoms with Gasteiger partial charge >= 0.3 is 0 Å². The van der Waals surface area contributed by atoms with E-state index in [0.717, 1.165) is 68.2 Å². The molecular formula is C30H38Cl3N5O. The van der Waals surface area contributed by atoms with Gasteiger partial charge in [0.1, 0.15) is 24.5 Å². The fraction of sp³-hybridized carbons (Fsp3) is 0.533. The number of halogens is 3. The molecule has 2 aliphatic heterocycles. The summed E-state index contributed by atoms with van der Waals surface area (Å²) in [6.45, 7) is 8.47. The maximum absolute atomic E-state index is 6.64. The second-order valence-corrected chi connectivity index (χ2v) is 12.2. The molecule has 2 aromatic carbocycles. The lowest BCUT2D eigenvalue weighted by molar-refractivity contribution is 0.139. The van der Waals surface area contributed by atoms with Crippen LogP contribution in [0.4, 0.5) is 0 Å². The Morgan fingerprint density at radius 3 is 2.33 bits per heavy atom. The van der Waals surface area contributed by atoms with Crippen molar-refractivity contribution in [3.05, 3.63) is 75.2 Å². The quantitative estimate of drug-likeness (QED) is 0.237. The van der Waals surface area contributed by atoms with E-state index in [0.29, 0.717) is 16.0 Å². The molecule has 0 unspecified atom stereocenters. The van der Waals surface area contributed by atoms with Gasteiger partial charge in [-0.25, -0.2) is 9.67 Å². The summed E-state index contributed by atoms with van der Waals surface area (Å²) < 4.78 is 8.59. The Morgan fingerprint density at radius 2 is 1.64 bits per heavy atom. The molecule has 2 fully saturated rings. The van der Waals surface area contributed by atoms with Crippen LogP contribution in [0, 0.1) is 0 Å². The van der Waals surface area contributed by atoms with Crippen molar-refractivity contribution in [1.29, 1.82) is 0 Å². The topological polar surface area (TPSA) is 46.4 Å². The van der Waals surface area contributed by atoms with Gasteiger partial charge in [-0.1, -0.05) is 53.9 Å². The van der Waals surface area contributed by atoms with Gasteiger partial charge < -0.3 is 9.64 Å². The third-order valence-electron chi connectivity index (χ3n) is 8.16. The number of aromatic nitrogens is 3. The summed E-state index contributed by atoms with van der Waals surface area (Å²) >= 11 is 19.1. The average Bonchev–Trinajstić information content (AvgIpc) is 3.65. The van der Waals surface area contributed by atoms with Gasteiger partial charge in [-0.05, 0) is 106 Å². The summed E-state index contributed by atoms with van der Waals surface area (Å²) in [5.41, 5.74) is 2.36. The smallest absolute Gasteiger partial charge is 0.137 e. The van der Waals surface area contributed by atoms with Crippen LogP contribution in [0.25, 0.3) is 0 Å². The molecule has 9 heteroatoms. The largest absolute Gasteiger partial charge is 0.489 e. The Balaban J connectivity index is 1.23. The Labute approximate surface area is 247 Å². The third kappa shape index (κ3) is 7.68. The fourth-order valence-corrected chi connectivity index (χ4v) is 6.59. The molecule has 2 saturated heterocycles. The van der Waals surface area contributed by atoms with Crippen LogP contribution in [0.5, 0.6) is 5.75 Å². The zero-order valence-electron chi connectivity index (χ0n) is 22.6. The SMILES string of the molecule is CC[C@@H](CN1CCCC1)Oc1cc(Cl)ccc1C1CCN(C[C@@H](Cc2ccc(Cl)cc2Cl)n2cncn2)CC1. The number of ether oxygens (including phenoxy) is 1. The lowest BCUT2D eigenvalue weighted by atomic mass is 9.88. The summed E-state index contributed by atoms with van der Waals surface area (Å²) in [7, 11) is 0. The van der Waals surface area contributed by atoms with E-state index in [4.69, 9.17) is 39.5 Å². The first-order valence-corrected chi connectivity index (χ1v) is 15.3. The van der Waals surface area contributed by atoms with Crippen LogP contribution in [-0.4, -0.2) is 69.9 Å². The highest BCUT2D eigenvalue weighted by Crippen LogP contribution is 2.37. The summed E-state index contributed by atoms with van der Waals surface area (Å²) in [5.74, 6) is 1.42. The van der Waals surface area contributed by atoms with E-state index < -0.39 is 0 Å². The Hall–Kier alpha value is -1.83. The number of hydrogen-bond acceptors (Lipinski definition) is 5. The van der Waals surface area contributed by atoms with E-state index in [1.54, 1.807) is 12.7 Å². The molecule has 2 aliphatic rings. The van der Waals surface area contributed by atoms with Crippen molar-refractivity contribution in [1.82, 2.24) is 24.6 Å². The number of rotatable bonds is 11. The van der Waals surface area contributed by atoms with Crippen molar-refractivity contribution in [2.24, 2.45) is 0 Å². The molecule has 0 bridgehead atoms. The zero-order valence-corrected chi connectivity index (χ0v) is 24.9. The Bertz CT molecular complexity index is 1190. The van der Waals surface area contributed by atoms with Gasteiger partial charge in [-0.2, -0.15) is 5.10 Å². The molecular weight excluding hydrogens is 553 g/mol. The molecule has 0 N–H and O–H groups in total. The Morgan fingerprint density at radius 1 is 0.923 bits per heavy atom. The third-order valence-corrected chi connectivity index (χ3v) is 8.98. The normalized spacial score (nSPS) is 18.9. The van der Waals surface area contributed by atoms with Crippen LogP contribution in [0.15, 0.2) is 49.1 Å². The maximum Gasteiger partial charge on any atom is 0.137 e. The van der Waals surface area contributed by atoms with Crippen LogP contribution in [0.3, 0.4) is 0 Å². The molecule has 0 saturated carbocycles. The fourth-order valence-electron chi connectivity index (χ4n) is 5.94. The maximum atomic E-state index is 6.64. The number of likely N-dealkylation sites (tertiary alicyclic amines) is 2.